The minimum absolute atomic E-state index is 0.124. The number of carboxylic acid groups (broad SMARTS) is 1. The molecule has 1 aromatic rings. The summed E-state index contributed by atoms with van der Waals surface area (Å²) in [5.41, 5.74) is 5.02. The van der Waals surface area contributed by atoms with E-state index in [0.29, 0.717) is 6.54 Å². The number of aliphatic carboxylic acids is 1. The number of hydrogen-bond acceptors (Lipinski definition) is 3. The fraction of sp³-hybridized carbons (Fsp3) is 0.562. The number of piperazine rings is 1. The van der Waals surface area contributed by atoms with Crippen molar-refractivity contribution in [1.82, 2.24) is 10.2 Å². The molecule has 0 saturated carbocycles. The normalized spacial score (nSPS) is 21.7. The van der Waals surface area contributed by atoms with Gasteiger partial charge >= 0.3 is 5.97 Å². The van der Waals surface area contributed by atoms with Gasteiger partial charge in [0.2, 0.25) is 0 Å². The summed E-state index contributed by atoms with van der Waals surface area (Å²) in [6.07, 6.45) is 0. The molecule has 0 amide bonds. The minimum atomic E-state index is -0.744. The Morgan fingerprint density at radius 1 is 1.35 bits per heavy atom. The first kappa shape index (κ1) is 15.0. The molecule has 0 bridgehead atoms. The Bertz CT molecular complexity index is 490. The lowest BCUT2D eigenvalue weighted by Gasteiger charge is -2.39. The van der Waals surface area contributed by atoms with Gasteiger partial charge in [0.25, 0.3) is 0 Å². The third kappa shape index (κ3) is 2.86. The lowest BCUT2D eigenvalue weighted by Crippen LogP contribution is -2.55. The number of carboxylic acids is 1. The molecular formula is C16H24N2O2. The van der Waals surface area contributed by atoms with Crippen LogP contribution in [0.25, 0.3) is 0 Å². The van der Waals surface area contributed by atoms with Crippen LogP contribution in [0.5, 0.6) is 0 Å². The zero-order valence-corrected chi connectivity index (χ0v) is 12.7. The average Bonchev–Trinajstić information content (AvgIpc) is 2.37. The van der Waals surface area contributed by atoms with Crippen molar-refractivity contribution in [2.45, 2.75) is 39.8 Å². The Balaban J connectivity index is 2.34. The molecule has 0 radical (unpaired) electrons. The van der Waals surface area contributed by atoms with E-state index in [4.69, 9.17) is 0 Å². The molecule has 1 saturated heterocycles. The molecule has 1 aliphatic heterocycles. The van der Waals surface area contributed by atoms with E-state index in [2.05, 4.69) is 50.0 Å². The van der Waals surface area contributed by atoms with Crippen molar-refractivity contribution in [1.29, 1.82) is 0 Å². The molecule has 4 nitrogen and oxygen atoms in total. The van der Waals surface area contributed by atoms with E-state index in [9.17, 15) is 9.90 Å². The highest BCUT2D eigenvalue weighted by Gasteiger charge is 2.33. The fourth-order valence-electron chi connectivity index (χ4n) is 3.43. The number of nitrogens with zero attached hydrogens (tertiary/aromatic N) is 1. The van der Waals surface area contributed by atoms with Gasteiger partial charge in [0.1, 0.15) is 6.04 Å². The lowest BCUT2D eigenvalue weighted by molar-refractivity contribution is -0.145. The summed E-state index contributed by atoms with van der Waals surface area (Å²) in [5.74, 6) is -0.744. The maximum absolute atomic E-state index is 11.4. The highest BCUT2D eigenvalue weighted by Crippen LogP contribution is 2.29. The van der Waals surface area contributed by atoms with Crippen LogP contribution in [-0.2, 0) is 4.79 Å². The molecule has 1 aromatic carbocycles. The van der Waals surface area contributed by atoms with Crippen molar-refractivity contribution >= 4 is 5.97 Å². The fourth-order valence-corrected chi connectivity index (χ4v) is 3.43. The van der Waals surface area contributed by atoms with E-state index in [0.717, 1.165) is 13.1 Å². The molecule has 110 valence electrons. The summed E-state index contributed by atoms with van der Waals surface area (Å²) < 4.78 is 0. The molecule has 2 atom stereocenters. The van der Waals surface area contributed by atoms with Crippen molar-refractivity contribution in [3.8, 4) is 0 Å². The second-order valence-corrected chi connectivity index (χ2v) is 5.78. The lowest BCUT2D eigenvalue weighted by atomic mass is 9.93. The largest absolute Gasteiger partial charge is 0.480 e. The third-order valence-electron chi connectivity index (χ3n) is 4.22. The summed E-state index contributed by atoms with van der Waals surface area (Å²) in [6, 6.07) is 4.03. The predicted molar refractivity (Wildman–Crippen MR) is 80.1 cm³/mol. The highest BCUT2D eigenvalue weighted by molar-refractivity contribution is 5.74. The van der Waals surface area contributed by atoms with Gasteiger partial charge in [-0.1, -0.05) is 17.7 Å². The van der Waals surface area contributed by atoms with E-state index in [1.54, 1.807) is 0 Å². The van der Waals surface area contributed by atoms with Crippen LogP contribution in [0.1, 0.15) is 35.2 Å². The Hall–Kier alpha value is -1.39. The van der Waals surface area contributed by atoms with Gasteiger partial charge in [-0.2, -0.15) is 0 Å². The number of benzene rings is 1. The van der Waals surface area contributed by atoms with E-state index in [1.165, 1.54) is 22.3 Å². The van der Waals surface area contributed by atoms with Gasteiger partial charge < -0.3 is 10.4 Å². The van der Waals surface area contributed by atoms with Gasteiger partial charge in [-0.15, -0.1) is 0 Å². The first-order valence-electron chi connectivity index (χ1n) is 7.19. The molecular weight excluding hydrogens is 252 g/mol. The van der Waals surface area contributed by atoms with Gasteiger partial charge in [-0.3, -0.25) is 9.69 Å². The Morgan fingerprint density at radius 2 is 1.95 bits per heavy atom. The van der Waals surface area contributed by atoms with E-state index in [-0.39, 0.29) is 6.04 Å². The maximum Gasteiger partial charge on any atom is 0.322 e. The zero-order chi connectivity index (χ0) is 14.9. The number of hydrogen-bond donors (Lipinski definition) is 2. The molecule has 2 N–H and O–H groups in total. The summed E-state index contributed by atoms with van der Waals surface area (Å²) in [5, 5.41) is 12.6. The molecule has 4 heteroatoms. The summed E-state index contributed by atoms with van der Waals surface area (Å²) in [4.78, 5) is 13.5. The summed E-state index contributed by atoms with van der Waals surface area (Å²) in [6.45, 7) is 10.6. The first-order valence-corrected chi connectivity index (χ1v) is 7.19. The van der Waals surface area contributed by atoms with E-state index < -0.39 is 12.0 Å². The van der Waals surface area contributed by atoms with Crippen LogP contribution in [0.15, 0.2) is 12.1 Å². The van der Waals surface area contributed by atoms with Crippen LogP contribution in [0.4, 0.5) is 0 Å². The monoisotopic (exact) mass is 276 g/mol. The minimum Gasteiger partial charge on any atom is -0.480 e. The second-order valence-electron chi connectivity index (χ2n) is 5.78. The molecule has 1 heterocycles. The maximum atomic E-state index is 11.4. The van der Waals surface area contributed by atoms with Crippen LogP contribution in [0.2, 0.25) is 0 Å². The van der Waals surface area contributed by atoms with Crippen molar-refractivity contribution in [3.63, 3.8) is 0 Å². The average molecular weight is 276 g/mol. The van der Waals surface area contributed by atoms with E-state index >= 15 is 0 Å². The topological polar surface area (TPSA) is 52.6 Å². The predicted octanol–water partition coefficient (Wildman–Crippen LogP) is 2.03. The van der Waals surface area contributed by atoms with Gasteiger partial charge in [0, 0.05) is 25.7 Å². The quantitative estimate of drug-likeness (QED) is 0.887. The summed E-state index contributed by atoms with van der Waals surface area (Å²) >= 11 is 0. The molecule has 2 rings (SSSR count). The number of rotatable bonds is 3. The molecule has 1 aliphatic rings. The number of carbonyl (C=O) groups is 1. The van der Waals surface area contributed by atoms with Crippen LogP contribution in [0, 0.1) is 20.8 Å². The Morgan fingerprint density at radius 3 is 2.50 bits per heavy atom. The smallest absolute Gasteiger partial charge is 0.322 e. The van der Waals surface area contributed by atoms with Gasteiger partial charge in [0.05, 0.1) is 0 Å². The van der Waals surface area contributed by atoms with Gasteiger partial charge in [0.15, 0.2) is 0 Å². The molecule has 1 fully saturated rings. The van der Waals surface area contributed by atoms with Crippen molar-refractivity contribution in [2.24, 2.45) is 0 Å². The zero-order valence-electron chi connectivity index (χ0n) is 12.7. The van der Waals surface area contributed by atoms with Crippen molar-refractivity contribution < 1.29 is 9.90 Å². The Labute approximate surface area is 120 Å². The SMILES string of the molecule is Cc1cc(C)c(C(C)N2CCNCC2C(=O)O)c(C)c1. The van der Waals surface area contributed by atoms with Crippen LogP contribution >= 0.6 is 0 Å². The molecule has 0 aromatic heterocycles. The first-order chi connectivity index (χ1) is 9.41. The number of aryl methyl sites for hydroxylation is 3. The third-order valence-corrected chi connectivity index (χ3v) is 4.22. The van der Waals surface area contributed by atoms with Crippen LogP contribution in [0.3, 0.4) is 0 Å². The molecule has 0 spiro atoms. The van der Waals surface area contributed by atoms with Crippen LogP contribution in [-0.4, -0.2) is 41.7 Å². The van der Waals surface area contributed by atoms with E-state index in [1.807, 2.05) is 0 Å². The number of nitrogens with one attached hydrogen (secondary N) is 1. The molecule has 0 aliphatic carbocycles. The highest BCUT2D eigenvalue weighted by atomic mass is 16.4. The standard InChI is InChI=1S/C16H24N2O2/c1-10-7-11(2)15(12(3)8-10)13(4)18-6-5-17-9-14(18)16(19)20/h7-8,13-14,17H,5-6,9H2,1-4H3,(H,19,20). The van der Waals surface area contributed by atoms with Crippen molar-refractivity contribution in [2.75, 3.05) is 19.6 Å². The molecule has 2 unspecified atom stereocenters. The molecule has 20 heavy (non-hydrogen) atoms. The van der Waals surface area contributed by atoms with Crippen molar-refractivity contribution in [3.05, 3.63) is 34.4 Å². The Kier molecular flexibility index (Phi) is 4.45. The summed E-state index contributed by atoms with van der Waals surface area (Å²) in [7, 11) is 0. The van der Waals surface area contributed by atoms with Crippen LogP contribution < -0.4 is 5.32 Å². The second kappa shape index (κ2) is 5.94. The van der Waals surface area contributed by atoms with Gasteiger partial charge in [-0.25, -0.2) is 0 Å². The van der Waals surface area contributed by atoms with Gasteiger partial charge in [-0.05, 0) is 44.4 Å².